The van der Waals surface area contributed by atoms with Crippen molar-refractivity contribution in [2.24, 2.45) is 5.92 Å². The van der Waals surface area contributed by atoms with Crippen LogP contribution in [-0.4, -0.2) is 9.97 Å². The zero-order valence-corrected chi connectivity index (χ0v) is 18.4. The summed E-state index contributed by atoms with van der Waals surface area (Å²) < 4.78 is 11.8. The Morgan fingerprint density at radius 2 is 1.52 bits per heavy atom. The molecule has 0 radical (unpaired) electrons. The Morgan fingerprint density at radius 3 is 2.19 bits per heavy atom. The molecule has 5 aromatic rings. The quantitative estimate of drug-likeness (QED) is 0.273. The van der Waals surface area contributed by atoms with E-state index >= 15 is 0 Å². The summed E-state index contributed by atoms with van der Waals surface area (Å²) in [4.78, 5) is 9.19. The van der Waals surface area contributed by atoms with Crippen molar-refractivity contribution in [1.82, 2.24) is 9.97 Å². The molecule has 1 unspecified atom stereocenters. The number of hydrogen-bond donors (Lipinski definition) is 0. The first-order chi connectivity index (χ1) is 15.1. The van der Waals surface area contributed by atoms with E-state index in [4.69, 9.17) is 13.8 Å². The average Bonchev–Trinajstić information content (AvgIpc) is 3.35. The van der Waals surface area contributed by atoms with E-state index in [0.29, 0.717) is 11.8 Å². The monoisotopic (exact) mass is 412 g/mol. The fourth-order valence-corrected chi connectivity index (χ4v) is 4.39. The van der Waals surface area contributed by atoms with Gasteiger partial charge >= 0.3 is 0 Å². The second-order valence-electron chi connectivity index (χ2n) is 8.56. The molecule has 0 spiro atoms. The summed E-state index contributed by atoms with van der Waals surface area (Å²) in [6.07, 6.45) is 6.27. The lowest BCUT2D eigenvalue weighted by Gasteiger charge is -2.14. The van der Waals surface area contributed by atoms with E-state index in [-0.39, 0.29) is 0 Å². The molecule has 2 aromatic heterocycles. The number of oxazole rings is 2. The van der Waals surface area contributed by atoms with Gasteiger partial charge < -0.3 is 8.83 Å². The topological polar surface area (TPSA) is 52.1 Å². The Bertz CT molecular complexity index is 1270. The van der Waals surface area contributed by atoms with Crippen molar-refractivity contribution in [3.8, 4) is 11.5 Å². The van der Waals surface area contributed by atoms with Gasteiger partial charge in [0.05, 0.1) is 0 Å². The average molecular weight is 413 g/mol. The van der Waals surface area contributed by atoms with Crippen LogP contribution in [0.3, 0.4) is 0 Å². The lowest BCUT2D eigenvalue weighted by molar-refractivity contribution is 0.449. The minimum Gasteiger partial charge on any atom is -0.441 e. The van der Waals surface area contributed by atoms with Gasteiger partial charge in [0.25, 0.3) is 0 Å². The maximum atomic E-state index is 6.12. The van der Waals surface area contributed by atoms with Crippen LogP contribution in [0.4, 0.5) is 0 Å². The van der Waals surface area contributed by atoms with E-state index in [1.807, 2.05) is 25.1 Å². The highest BCUT2D eigenvalue weighted by Gasteiger charge is 2.12. The molecule has 31 heavy (non-hydrogen) atoms. The molecule has 2 heterocycles. The third-order valence-electron chi connectivity index (χ3n) is 6.23. The van der Waals surface area contributed by atoms with E-state index < -0.39 is 0 Å². The molecule has 4 heteroatoms. The second-order valence-corrected chi connectivity index (χ2v) is 8.56. The smallest absolute Gasteiger partial charge is 0.227 e. The number of nitrogens with zero attached hydrogens (tertiary/aromatic N) is 2. The maximum Gasteiger partial charge on any atom is 0.227 e. The molecule has 5 rings (SSSR count). The molecule has 0 amide bonds. The van der Waals surface area contributed by atoms with Gasteiger partial charge in [-0.3, -0.25) is 0 Å². The molecule has 158 valence electrons. The Hall–Kier alpha value is -3.14. The summed E-state index contributed by atoms with van der Waals surface area (Å²) in [5.41, 5.74) is 5.71. The minimum atomic E-state index is 0.660. The number of fused-ring (bicyclic) bond motifs is 3. The largest absolute Gasteiger partial charge is 0.441 e. The van der Waals surface area contributed by atoms with Gasteiger partial charge in [0, 0.05) is 12.5 Å². The van der Waals surface area contributed by atoms with Gasteiger partial charge in [-0.2, -0.15) is 0 Å². The molecule has 1 atom stereocenters. The molecule has 4 nitrogen and oxygen atoms in total. The number of aromatic nitrogens is 2. The predicted octanol–water partition coefficient (Wildman–Crippen LogP) is 7.86. The minimum absolute atomic E-state index is 0.660. The molecule has 0 N–H and O–H groups in total. The molecule has 0 aliphatic heterocycles. The SMILES string of the molecule is CCCCC(CC)Cc1ccc(-c2nc3cc4cc5oc(C)nc5cc4cc3o2)cc1. The van der Waals surface area contributed by atoms with Crippen molar-refractivity contribution in [3.63, 3.8) is 0 Å². The molecular formula is C27H28N2O2. The van der Waals surface area contributed by atoms with E-state index in [1.54, 1.807) is 0 Å². The van der Waals surface area contributed by atoms with E-state index in [9.17, 15) is 0 Å². The maximum absolute atomic E-state index is 6.12. The first kappa shape index (κ1) is 19.8. The molecule has 0 fully saturated rings. The second kappa shape index (κ2) is 8.18. The van der Waals surface area contributed by atoms with Crippen LogP contribution >= 0.6 is 0 Å². The summed E-state index contributed by atoms with van der Waals surface area (Å²) in [6.45, 7) is 6.43. The van der Waals surface area contributed by atoms with E-state index in [0.717, 1.165) is 50.9 Å². The molecule has 0 aliphatic carbocycles. The van der Waals surface area contributed by atoms with Gasteiger partial charge in [-0.05, 0) is 65.1 Å². The summed E-state index contributed by atoms with van der Waals surface area (Å²) in [6, 6.07) is 16.9. The molecule has 3 aromatic carbocycles. The number of unbranched alkanes of at least 4 members (excludes halogenated alkanes) is 1. The van der Waals surface area contributed by atoms with E-state index in [1.165, 1.54) is 31.2 Å². The zero-order chi connectivity index (χ0) is 21.4. The predicted molar refractivity (Wildman–Crippen MR) is 126 cm³/mol. The molecule has 0 saturated heterocycles. The summed E-state index contributed by atoms with van der Waals surface area (Å²) in [7, 11) is 0. The van der Waals surface area contributed by atoms with E-state index in [2.05, 4.69) is 49.2 Å². The first-order valence-corrected chi connectivity index (χ1v) is 11.3. The van der Waals surface area contributed by atoms with Gasteiger partial charge in [0.1, 0.15) is 11.0 Å². The van der Waals surface area contributed by atoms with Crippen LogP contribution in [0, 0.1) is 12.8 Å². The number of benzene rings is 3. The van der Waals surface area contributed by atoms with Crippen LogP contribution < -0.4 is 0 Å². The van der Waals surface area contributed by atoms with Gasteiger partial charge in [0.15, 0.2) is 17.1 Å². The van der Waals surface area contributed by atoms with Gasteiger partial charge in [-0.15, -0.1) is 0 Å². The third-order valence-corrected chi connectivity index (χ3v) is 6.23. The van der Waals surface area contributed by atoms with Crippen molar-refractivity contribution >= 4 is 33.0 Å². The highest BCUT2D eigenvalue weighted by Crippen LogP contribution is 2.31. The van der Waals surface area contributed by atoms with Gasteiger partial charge in [-0.25, -0.2) is 9.97 Å². The standard InChI is InChI=1S/C27H28N2O2/c1-4-6-7-18(5-2)12-19-8-10-20(11-9-19)27-29-24-14-22-15-25-23(28-17(3)30-25)13-21(22)16-26(24)31-27/h8-11,13-16,18H,4-7,12H2,1-3H3. The zero-order valence-electron chi connectivity index (χ0n) is 18.4. The first-order valence-electron chi connectivity index (χ1n) is 11.3. The van der Waals surface area contributed by atoms with Crippen LogP contribution in [0.2, 0.25) is 0 Å². The summed E-state index contributed by atoms with van der Waals surface area (Å²) in [5.74, 6) is 2.10. The van der Waals surface area contributed by atoms with Crippen LogP contribution in [-0.2, 0) is 6.42 Å². The van der Waals surface area contributed by atoms with Crippen LogP contribution in [0.15, 0.2) is 57.4 Å². The Kier molecular flexibility index (Phi) is 5.23. The van der Waals surface area contributed by atoms with Crippen molar-refractivity contribution < 1.29 is 8.83 Å². The Labute approximate surface area is 182 Å². The highest BCUT2D eigenvalue weighted by molar-refractivity contribution is 6.00. The Balaban J connectivity index is 1.43. The van der Waals surface area contributed by atoms with Gasteiger partial charge in [-0.1, -0.05) is 51.7 Å². The van der Waals surface area contributed by atoms with Crippen molar-refractivity contribution in [2.75, 3.05) is 0 Å². The molecular weight excluding hydrogens is 384 g/mol. The molecule has 0 saturated carbocycles. The van der Waals surface area contributed by atoms with Crippen molar-refractivity contribution in [3.05, 3.63) is 60.0 Å². The Morgan fingerprint density at radius 1 is 0.839 bits per heavy atom. The summed E-state index contributed by atoms with van der Waals surface area (Å²) in [5, 5.41) is 2.15. The normalized spacial score (nSPS) is 12.9. The van der Waals surface area contributed by atoms with Crippen LogP contribution in [0.5, 0.6) is 0 Å². The summed E-state index contributed by atoms with van der Waals surface area (Å²) >= 11 is 0. The third kappa shape index (κ3) is 3.95. The number of aryl methyl sites for hydroxylation is 1. The lowest BCUT2D eigenvalue weighted by atomic mass is 9.92. The highest BCUT2D eigenvalue weighted by atomic mass is 16.4. The van der Waals surface area contributed by atoms with Crippen LogP contribution in [0.25, 0.3) is 44.4 Å². The fourth-order valence-electron chi connectivity index (χ4n) is 4.39. The molecule has 0 aliphatic rings. The molecule has 0 bridgehead atoms. The number of rotatable bonds is 7. The van der Waals surface area contributed by atoms with Crippen molar-refractivity contribution in [1.29, 1.82) is 0 Å². The number of hydrogen-bond acceptors (Lipinski definition) is 4. The van der Waals surface area contributed by atoms with Crippen molar-refractivity contribution in [2.45, 2.75) is 52.9 Å². The lowest BCUT2D eigenvalue weighted by Crippen LogP contribution is -2.03. The van der Waals surface area contributed by atoms with Crippen LogP contribution in [0.1, 0.15) is 51.0 Å². The van der Waals surface area contributed by atoms with Gasteiger partial charge in [0.2, 0.25) is 5.89 Å². The fraction of sp³-hybridized carbons (Fsp3) is 0.333.